The standard InChI is InChI=1S/C13H19N3O3/c1-4-5-11(13(18)19)14-12(17)6-7-16-10(3)8-9(2)15-16/h4,8,11H,1,5-7H2,2-3H3,(H,14,17)(H,18,19). The summed E-state index contributed by atoms with van der Waals surface area (Å²) in [5, 5.41) is 15.6. The third-order valence-electron chi connectivity index (χ3n) is 2.69. The van der Waals surface area contributed by atoms with Crippen molar-refractivity contribution in [2.45, 2.75) is 39.3 Å². The molecule has 0 aliphatic carbocycles. The number of aliphatic carboxylic acids is 1. The van der Waals surface area contributed by atoms with Gasteiger partial charge in [-0.1, -0.05) is 6.08 Å². The molecule has 0 aromatic carbocycles. The Balaban J connectivity index is 2.49. The van der Waals surface area contributed by atoms with E-state index in [4.69, 9.17) is 5.11 Å². The Morgan fingerprint density at radius 2 is 2.26 bits per heavy atom. The Morgan fingerprint density at radius 3 is 2.74 bits per heavy atom. The lowest BCUT2D eigenvalue weighted by atomic mass is 10.2. The molecule has 1 atom stereocenters. The number of hydrogen-bond acceptors (Lipinski definition) is 3. The van der Waals surface area contributed by atoms with Gasteiger partial charge in [0.1, 0.15) is 6.04 Å². The minimum atomic E-state index is -1.06. The highest BCUT2D eigenvalue weighted by molar-refractivity contribution is 5.83. The fraction of sp³-hybridized carbons (Fsp3) is 0.462. The van der Waals surface area contributed by atoms with Crippen LogP contribution >= 0.6 is 0 Å². The number of carbonyl (C=O) groups excluding carboxylic acids is 1. The van der Waals surface area contributed by atoms with Crippen LogP contribution in [0.5, 0.6) is 0 Å². The van der Waals surface area contributed by atoms with Crippen LogP contribution in [0.3, 0.4) is 0 Å². The molecular weight excluding hydrogens is 246 g/mol. The molecule has 1 aromatic heterocycles. The first-order valence-electron chi connectivity index (χ1n) is 6.08. The summed E-state index contributed by atoms with van der Waals surface area (Å²) >= 11 is 0. The minimum Gasteiger partial charge on any atom is -0.480 e. The second-order valence-electron chi connectivity index (χ2n) is 4.38. The molecular formula is C13H19N3O3. The maximum Gasteiger partial charge on any atom is 0.326 e. The average molecular weight is 265 g/mol. The summed E-state index contributed by atoms with van der Waals surface area (Å²) in [6.45, 7) is 7.70. The lowest BCUT2D eigenvalue weighted by molar-refractivity contribution is -0.141. The van der Waals surface area contributed by atoms with Crippen LogP contribution < -0.4 is 5.32 Å². The van der Waals surface area contributed by atoms with E-state index < -0.39 is 12.0 Å². The van der Waals surface area contributed by atoms with Crippen molar-refractivity contribution in [1.82, 2.24) is 15.1 Å². The van der Waals surface area contributed by atoms with Gasteiger partial charge in [0, 0.05) is 18.7 Å². The molecule has 104 valence electrons. The van der Waals surface area contributed by atoms with Crippen LogP contribution in [0, 0.1) is 13.8 Å². The van der Waals surface area contributed by atoms with Gasteiger partial charge in [0.2, 0.25) is 5.91 Å². The Kier molecular flexibility index (Phi) is 5.29. The molecule has 6 nitrogen and oxygen atoms in total. The van der Waals surface area contributed by atoms with Gasteiger partial charge in [-0.3, -0.25) is 9.48 Å². The maximum atomic E-state index is 11.7. The summed E-state index contributed by atoms with van der Waals surface area (Å²) in [6, 6.07) is 1.01. The Labute approximate surface area is 112 Å². The summed E-state index contributed by atoms with van der Waals surface area (Å²) in [6.07, 6.45) is 1.88. The number of carboxylic acids is 1. The first kappa shape index (κ1) is 14.9. The quantitative estimate of drug-likeness (QED) is 0.721. The fourth-order valence-corrected chi connectivity index (χ4v) is 1.76. The number of rotatable bonds is 7. The SMILES string of the molecule is C=CCC(NC(=O)CCn1nc(C)cc1C)C(=O)O. The normalized spacial score (nSPS) is 11.9. The van der Waals surface area contributed by atoms with Gasteiger partial charge in [0.15, 0.2) is 0 Å². The van der Waals surface area contributed by atoms with Gasteiger partial charge < -0.3 is 10.4 Å². The van der Waals surface area contributed by atoms with Crippen LogP contribution in [0.25, 0.3) is 0 Å². The summed E-state index contributed by atoms with van der Waals surface area (Å²) < 4.78 is 1.73. The van der Waals surface area contributed by atoms with E-state index in [0.29, 0.717) is 6.54 Å². The van der Waals surface area contributed by atoms with Crippen LogP contribution in [0.1, 0.15) is 24.2 Å². The zero-order valence-corrected chi connectivity index (χ0v) is 11.2. The number of aromatic nitrogens is 2. The Hall–Kier alpha value is -2.11. The number of nitrogens with one attached hydrogen (secondary N) is 1. The number of nitrogens with zero attached hydrogens (tertiary/aromatic N) is 2. The van der Waals surface area contributed by atoms with E-state index >= 15 is 0 Å². The van der Waals surface area contributed by atoms with Crippen LogP contribution in [-0.2, 0) is 16.1 Å². The highest BCUT2D eigenvalue weighted by Crippen LogP contribution is 2.03. The molecule has 19 heavy (non-hydrogen) atoms. The fourth-order valence-electron chi connectivity index (χ4n) is 1.76. The molecule has 1 aromatic rings. The summed E-state index contributed by atoms with van der Waals surface area (Å²) in [5.74, 6) is -1.36. The highest BCUT2D eigenvalue weighted by Gasteiger charge is 2.18. The smallest absolute Gasteiger partial charge is 0.326 e. The lowest BCUT2D eigenvalue weighted by Gasteiger charge is -2.12. The third kappa shape index (κ3) is 4.57. The molecule has 0 saturated carbocycles. The zero-order chi connectivity index (χ0) is 14.4. The molecule has 0 radical (unpaired) electrons. The molecule has 0 fully saturated rings. The van der Waals surface area contributed by atoms with E-state index in [9.17, 15) is 9.59 Å². The topological polar surface area (TPSA) is 84.2 Å². The summed E-state index contributed by atoms with van der Waals surface area (Å²) in [7, 11) is 0. The second-order valence-corrected chi connectivity index (χ2v) is 4.38. The minimum absolute atomic E-state index is 0.197. The van der Waals surface area contributed by atoms with Crippen molar-refractivity contribution in [3.05, 3.63) is 30.1 Å². The number of amides is 1. The van der Waals surface area contributed by atoms with E-state index in [2.05, 4.69) is 17.0 Å². The molecule has 0 spiro atoms. The molecule has 6 heteroatoms. The van der Waals surface area contributed by atoms with Crippen molar-refractivity contribution < 1.29 is 14.7 Å². The molecule has 1 amide bonds. The lowest BCUT2D eigenvalue weighted by Crippen LogP contribution is -2.40. The van der Waals surface area contributed by atoms with Gasteiger partial charge in [0.25, 0.3) is 0 Å². The molecule has 0 aliphatic rings. The van der Waals surface area contributed by atoms with Crippen molar-refractivity contribution in [3.8, 4) is 0 Å². The molecule has 2 N–H and O–H groups in total. The molecule has 0 bridgehead atoms. The summed E-state index contributed by atoms with van der Waals surface area (Å²) in [4.78, 5) is 22.6. The van der Waals surface area contributed by atoms with E-state index in [0.717, 1.165) is 11.4 Å². The number of carboxylic acid groups (broad SMARTS) is 1. The van der Waals surface area contributed by atoms with E-state index in [1.165, 1.54) is 6.08 Å². The number of aryl methyl sites for hydroxylation is 3. The molecule has 1 rings (SSSR count). The molecule has 1 heterocycles. The van der Waals surface area contributed by atoms with Gasteiger partial charge >= 0.3 is 5.97 Å². The average Bonchev–Trinajstić information content (AvgIpc) is 2.64. The van der Waals surface area contributed by atoms with Crippen LogP contribution in [0.15, 0.2) is 18.7 Å². The van der Waals surface area contributed by atoms with Crippen molar-refractivity contribution in [1.29, 1.82) is 0 Å². The largest absolute Gasteiger partial charge is 0.480 e. The van der Waals surface area contributed by atoms with Crippen molar-refractivity contribution in [2.75, 3.05) is 0 Å². The van der Waals surface area contributed by atoms with E-state index in [-0.39, 0.29) is 18.7 Å². The first-order chi connectivity index (χ1) is 8.93. The highest BCUT2D eigenvalue weighted by atomic mass is 16.4. The van der Waals surface area contributed by atoms with Crippen molar-refractivity contribution >= 4 is 11.9 Å². The third-order valence-corrected chi connectivity index (χ3v) is 2.69. The molecule has 0 aliphatic heterocycles. The monoisotopic (exact) mass is 265 g/mol. The van der Waals surface area contributed by atoms with E-state index in [1.54, 1.807) is 4.68 Å². The predicted octanol–water partition coefficient (Wildman–Crippen LogP) is 1.04. The van der Waals surface area contributed by atoms with Crippen molar-refractivity contribution in [2.24, 2.45) is 0 Å². The molecule has 1 unspecified atom stereocenters. The first-order valence-corrected chi connectivity index (χ1v) is 6.08. The van der Waals surface area contributed by atoms with Crippen molar-refractivity contribution in [3.63, 3.8) is 0 Å². The van der Waals surface area contributed by atoms with E-state index in [1.807, 2.05) is 19.9 Å². The van der Waals surface area contributed by atoms with Gasteiger partial charge in [0.05, 0.1) is 5.69 Å². The molecule has 0 saturated heterocycles. The van der Waals surface area contributed by atoms with Gasteiger partial charge in [-0.25, -0.2) is 4.79 Å². The van der Waals surface area contributed by atoms with Crippen LogP contribution in [0.4, 0.5) is 0 Å². The van der Waals surface area contributed by atoms with Crippen LogP contribution in [-0.4, -0.2) is 32.8 Å². The van der Waals surface area contributed by atoms with Crippen LogP contribution in [0.2, 0.25) is 0 Å². The van der Waals surface area contributed by atoms with Gasteiger partial charge in [-0.15, -0.1) is 6.58 Å². The Bertz CT molecular complexity index is 479. The summed E-state index contributed by atoms with van der Waals surface area (Å²) in [5.41, 5.74) is 1.87. The number of hydrogen-bond donors (Lipinski definition) is 2. The predicted molar refractivity (Wildman–Crippen MR) is 70.7 cm³/mol. The second kappa shape index (κ2) is 6.72. The van der Waals surface area contributed by atoms with Gasteiger partial charge in [-0.05, 0) is 26.3 Å². The Morgan fingerprint density at radius 1 is 1.58 bits per heavy atom. The zero-order valence-electron chi connectivity index (χ0n) is 11.2. The maximum absolute atomic E-state index is 11.7. The number of carbonyl (C=O) groups is 2. The van der Waals surface area contributed by atoms with Gasteiger partial charge in [-0.2, -0.15) is 5.10 Å².